The summed E-state index contributed by atoms with van der Waals surface area (Å²) in [6.07, 6.45) is 4.35. The standard InChI is InChI=1S/C18H31NO4S.ClH/c1-5-22-16(21)18(10-13-8-6-7-9-15(13)24-18)23-12-14(20)11-19-17(2,3)4;/h14,19-20H,5-12H2,1-4H3;1H. The maximum Gasteiger partial charge on any atom is 0.349 e. The van der Waals surface area contributed by atoms with E-state index in [2.05, 4.69) is 5.32 Å². The van der Waals surface area contributed by atoms with Gasteiger partial charge in [0.2, 0.25) is 4.93 Å². The van der Waals surface area contributed by atoms with Gasteiger partial charge in [0.25, 0.3) is 0 Å². The minimum Gasteiger partial charge on any atom is -0.463 e. The highest BCUT2D eigenvalue weighted by atomic mass is 35.5. The van der Waals surface area contributed by atoms with E-state index in [4.69, 9.17) is 9.47 Å². The van der Waals surface area contributed by atoms with Crippen molar-refractivity contribution in [3.05, 3.63) is 10.5 Å². The summed E-state index contributed by atoms with van der Waals surface area (Å²) in [5.41, 5.74) is 1.27. The van der Waals surface area contributed by atoms with Crippen LogP contribution in [0.1, 0.15) is 59.8 Å². The van der Waals surface area contributed by atoms with Gasteiger partial charge in [-0.1, -0.05) is 17.3 Å². The van der Waals surface area contributed by atoms with Crippen LogP contribution in [-0.2, 0) is 14.3 Å². The molecule has 0 amide bonds. The lowest BCUT2D eigenvalue weighted by Gasteiger charge is -2.29. The number of hydrogen-bond donors (Lipinski definition) is 2. The average molecular weight is 394 g/mol. The Hall–Kier alpha value is -0.270. The number of ether oxygens (including phenoxy) is 2. The molecule has 2 aliphatic rings. The molecule has 1 heterocycles. The van der Waals surface area contributed by atoms with Gasteiger partial charge < -0.3 is 19.9 Å². The highest BCUT2D eigenvalue weighted by molar-refractivity contribution is 8.05. The zero-order chi connectivity index (χ0) is 17.8. The number of carbonyl (C=O) groups excluding carboxylic acids is 1. The van der Waals surface area contributed by atoms with Gasteiger partial charge in [-0.05, 0) is 58.3 Å². The Labute approximate surface area is 161 Å². The molecule has 0 aromatic carbocycles. The van der Waals surface area contributed by atoms with E-state index >= 15 is 0 Å². The first-order valence-corrected chi connectivity index (χ1v) is 9.71. The molecule has 2 unspecified atom stereocenters. The van der Waals surface area contributed by atoms with E-state index in [0.717, 1.165) is 12.8 Å². The fourth-order valence-electron chi connectivity index (χ4n) is 2.97. The van der Waals surface area contributed by atoms with Gasteiger partial charge in [-0.2, -0.15) is 0 Å². The van der Waals surface area contributed by atoms with Crippen LogP contribution in [-0.4, -0.2) is 47.4 Å². The van der Waals surface area contributed by atoms with Crippen molar-refractivity contribution in [3.8, 4) is 0 Å². The van der Waals surface area contributed by atoms with Gasteiger partial charge in [0.1, 0.15) is 0 Å². The Morgan fingerprint density at radius 2 is 2.04 bits per heavy atom. The zero-order valence-electron chi connectivity index (χ0n) is 15.7. The van der Waals surface area contributed by atoms with Crippen LogP contribution in [0, 0.1) is 0 Å². The number of β-amino-alcohol motifs (C(OH)–C–C–N with tert-alkyl or cyclic N) is 1. The number of esters is 1. The predicted molar refractivity (Wildman–Crippen MR) is 104 cm³/mol. The lowest BCUT2D eigenvalue weighted by atomic mass is 9.95. The van der Waals surface area contributed by atoms with Gasteiger partial charge in [0.15, 0.2) is 0 Å². The van der Waals surface area contributed by atoms with E-state index in [1.165, 1.54) is 35.1 Å². The Morgan fingerprint density at radius 1 is 1.36 bits per heavy atom. The molecule has 0 saturated heterocycles. The maximum absolute atomic E-state index is 12.5. The molecule has 5 nitrogen and oxygen atoms in total. The summed E-state index contributed by atoms with van der Waals surface area (Å²) in [7, 11) is 0. The van der Waals surface area contributed by atoms with Crippen molar-refractivity contribution in [1.82, 2.24) is 5.32 Å². The number of hydrogen-bond acceptors (Lipinski definition) is 6. The number of thioether (sulfide) groups is 1. The van der Waals surface area contributed by atoms with Crippen LogP contribution in [0.15, 0.2) is 10.5 Å². The second kappa shape index (κ2) is 9.60. The molecule has 0 aromatic rings. The largest absolute Gasteiger partial charge is 0.463 e. The fraction of sp³-hybridized carbons (Fsp3) is 0.833. The van der Waals surface area contributed by atoms with E-state index in [0.29, 0.717) is 19.6 Å². The Morgan fingerprint density at radius 3 is 2.64 bits per heavy atom. The first-order chi connectivity index (χ1) is 11.3. The second-order valence-electron chi connectivity index (χ2n) is 7.58. The lowest BCUT2D eigenvalue weighted by molar-refractivity contribution is -0.162. The first kappa shape index (κ1) is 22.8. The molecule has 0 spiro atoms. The summed E-state index contributed by atoms with van der Waals surface area (Å²) in [6, 6.07) is 0. The molecule has 7 heteroatoms. The van der Waals surface area contributed by atoms with Gasteiger partial charge in [0, 0.05) is 18.5 Å². The summed E-state index contributed by atoms with van der Waals surface area (Å²) in [4.78, 5) is 12.8. The first-order valence-electron chi connectivity index (χ1n) is 8.90. The number of rotatable bonds is 7. The fourth-order valence-corrected chi connectivity index (χ4v) is 4.45. The van der Waals surface area contributed by atoms with Crippen LogP contribution in [0.4, 0.5) is 0 Å². The minimum atomic E-state index is -1.01. The van der Waals surface area contributed by atoms with Crippen molar-refractivity contribution in [2.45, 2.75) is 76.4 Å². The van der Waals surface area contributed by atoms with Crippen molar-refractivity contribution >= 4 is 30.1 Å². The molecule has 0 fully saturated rings. The topological polar surface area (TPSA) is 67.8 Å². The summed E-state index contributed by atoms with van der Waals surface area (Å²) in [5, 5.41) is 13.4. The van der Waals surface area contributed by atoms with Crippen molar-refractivity contribution in [2.75, 3.05) is 19.8 Å². The van der Waals surface area contributed by atoms with E-state index < -0.39 is 11.0 Å². The van der Waals surface area contributed by atoms with E-state index in [1.54, 1.807) is 6.92 Å². The second-order valence-corrected chi connectivity index (χ2v) is 8.94. The van der Waals surface area contributed by atoms with Crippen LogP contribution >= 0.6 is 24.2 Å². The number of nitrogens with one attached hydrogen (secondary N) is 1. The monoisotopic (exact) mass is 393 g/mol. The van der Waals surface area contributed by atoms with Crippen molar-refractivity contribution in [2.24, 2.45) is 0 Å². The quantitative estimate of drug-likeness (QED) is 0.646. The van der Waals surface area contributed by atoms with Crippen LogP contribution in [0.3, 0.4) is 0 Å². The van der Waals surface area contributed by atoms with E-state index in [9.17, 15) is 9.90 Å². The Kier molecular flexibility index (Phi) is 8.75. The molecule has 0 radical (unpaired) electrons. The summed E-state index contributed by atoms with van der Waals surface area (Å²) >= 11 is 1.51. The molecule has 0 saturated carbocycles. The molecule has 1 aliphatic heterocycles. The molecular weight excluding hydrogens is 362 g/mol. The van der Waals surface area contributed by atoms with Crippen LogP contribution in [0.25, 0.3) is 0 Å². The predicted octanol–water partition coefficient (Wildman–Crippen LogP) is 3.40. The van der Waals surface area contributed by atoms with Crippen LogP contribution in [0.5, 0.6) is 0 Å². The molecule has 0 bridgehead atoms. The lowest BCUT2D eigenvalue weighted by Crippen LogP contribution is -2.45. The highest BCUT2D eigenvalue weighted by Crippen LogP contribution is 2.52. The number of halogens is 1. The van der Waals surface area contributed by atoms with Crippen molar-refractivity contribution in [3.63, 3.8) is 0 Å². The average Bonchev–Trinajstić information content (AvgIpc) is 2.90. The van der Waals surface area contributed by atoms with Gasteiger partial charge in [-0.15, -0.1) is 12.4 Å². The minimum absolute atomic E-state index is 0. The molecule has 2 rings (SSSR count). The van der Waals surface area contributed by atoms with Gasteiger partial charge in [-0.25, -0.2) is 4.79 Å². The molecule has 25 heavy (non-hydrogen) atoms. The third-order valence-corrected chi connectivity index (χ3v) is 5.72. The third-order valence-electron chi connectivity index (χ3n) is 4.22. The van der Waals surface area contributed by atoms with Crippen molar-refractivity contribution < 1.29 is 19.4 Å². The molecular formula is C18H32ClNO4S. The van der Waals surface area contributed by atoms with E-state index in [1.807, 2.05) is 20.8 Å². The molecule has 0 aromatic heterocycles. The number of aliphatic hydroxyl groups is 1. The van der Waals surface area contributed by atoms with Crippen LogP contribution in [0.2, 0.25) is 0 Å². The summed E-state index contributed by atoms with van der Waals surface area (Å²) in [5.74, 6) is -0.319. The van der Waals surface area contributed by atoms with Crippen LogP contribution < -0.4 is 5.32 Å². The molecule has 2 N–H and O–H groups in total. The number of carbonyl (C=O) groups is 1. The smallest absolute Gasteiger partial charge is 0.349 e. The van der Waals surface area contributed by atoms with Gasteiger partial charge in [-0.3, -0.25) is 0 Å². The number of allylic oxidation sites excluding steroid dienone is 1. The third kappa shape index (κ3) is 6.43. The Balaban J connectivity index is 0.00000312. The zero-order valence-corrected chi connectivity index (χ0v) is 17.4. The SMILES string of the molecule is CCOC(=O)C1(OCC(O)CNC(C)(C)C)CC2=C(CCCC2)S1.Cl. The normalized spacial score (nSPS) is 24.5. The summed E-state index contributed by atoms with van der Waals surface area (Å²) in [6.45, 7) is 8.84. The highest BCUT2D eigenvalue weighted by Gasteiger charge is 2.49. The molecule has 146 valence electrons. The molecule has 2 atom stereocenters. The number of aliphatic hydroxyl groups excluding tert-OH is 1. The van der Waals surface area contributed by atoms with Crippen molar-refractivity contribution in [1.29, 1.82) is 0 Å². The molecule has 1 aliphatic carbocycles. The Bertz CT molecular complexity index is 472. The summed E-state index contributed by atoms with van der Waals surface area (Å²) < 4.78 is 11.3. The van der Waals surface area contributed by atoms with Gasteiger partial charge >= 0.3 is 5.97 Å². The van der Waals surface area contributed by atoms with E-state index in [-0.39, 0.29) is 30.5 Å². The maximum atomic E-state index is 12.5. The van der Waals surface area contributed by atoms with Gasteiger partial charge in [0.05, 0.1) is 19.3 Å².